The summed E-state index contributed by atoms with van der Waals surface area (Å²) in [6.07, 6.45) is 3.24. The lowest BCUT2D eigenvalue weighted by Crippen LogP contribution is -2.30. The molecule has 160 valence electrons. The summed E-state index contributed by atoms with van der Waals surface area (Å²) >= 11 is 0. The Labute approximate surface area is 178 Å². The number of benzene rings is 2. The second kappa shape index (κ2) is 8.59. The number of furan rings is 1. The molecular formula is C23H22FN3O4. The summed E-state index contributed by atoms with van der Waals surface area (Å²) < 4.78 is 20.2. The molecule has 3 aromatic rings. The van der Waals surface area contributed by atoms with Gasteiger partial charge in [-0.1, -0.05) is 6.07 Å². The number of amides is 1. The highest BCUT2D eigenvalue weighted by Gasteiger charge is 2.21. The third-order valence-corrected chi connectivity index (χ3v) is 5.35. The van der Waals surface area contributed by atoms with E-state index in [1.165, 1.54) is 24.3 Å². The molecule has 4 rings (SSSR count). The number of anilines is 2. The van der Waals surface area contributed by atoms with Crippen LogP contribution in [0.1, 0.15) is 35.4 Å². The van der Waals surface area contributed by atoms with Crippen molar-refractivity contribution in [1.82, 2.24) is 0 Å². The minimum absolute atomic E-state index is 0.0228. The molecule has 2 aromatic carbocycles. The van der Waals surface area contributed by atoms with Crippen LogP contribution in [0.3, 0.4) is 0 Å². The van der Waals surface area contributed by atoms with Gasteiger partial charge in [0, 0.05) is 24.8 Å². The van der Waals surface area contributed by atoms with Crippen molar-refractivity contribution in [3.8, 4) is 11.3 Å². The molecule has 1 N–H and O–H groups in total. The summed E-state index contributed by atoms with van der Waals surface area (Å²) in [6, 6.07) is 12.3. The lowest BCUT2D eigenvalue weighted by Gasteiger charge is -2.29. The molecule has 1 amide bonds. The number of aryl methyl sites for hydroxylation is 1. The summed E-state index contributed by atoms with van der Waals surface area (Å²) in [4.78, 5) is 25.4. The van der Waals surface area contributed by atoms with Crippen LogP contribution < -0.4 is 10.2 Å². The van der Waals surface area contributed by atoms with E-state index in [1.54, 1.807) is 31.2 Å². The topological polar surface area (TPSA) is 88.6 Å². The number of hydrogen-bond donors (Lipinski definition) is 1. The lowest BCUT2D eigenvalue weighted by molar-refractivity contribution is -0.384. The van der Waals surface area contributed by atoms with Crippen LogP contribution in [0.15, 0.2) is 52.9 Å². The predicted octanol–water partition coefficient (Wildman–Crippen LogP) is 5.54. The first-order valence-electron chi connectivity index (χ1n) is 10.1. The molecule has 0 radical (unpaired) electrons. The molecule has 0 bridgehead atoms. The van der Waals surface area contributed by atoms with Crippen LogP contribution >= 0.6 is 0 Å². The molecule has 1 saturated heterocycles. The Morgan fingerprint density at radius 1 is 1.10 bits per heavy atom. The van der Waals surface area contributed by atoms with E-state index in [-0.39, 0.29) is 22.8 Å². The predicted molar refractivity (Wildman–Crippen MR) is 116 cm³/mol. The van der Waals surface area contributed by atoms with Crippen LogP contribution in [0, 0.1) is 22.9 Å². The minimum Gasteiger partial charge on any atom is -0.451 e. The number of halogens is 1. The molecule has 0 atom stereocenters. The number of hydrogen-bond acceptors (Lipinski definition) is 5. The maximum atomic E-state index is 14.6. The summed E-state index contributed by atoms with van der Waals surface area (Å²) in [5.41, 5.74) is 1.77. The second-order valence-corrected chi connectivity index (χ2v) is 7.61. The normalized spacial score (nSPS) is 13.8. The van der Waals surface area contributed by atoms with E-state index in [0.29, 0.717) is 11.4 Å². The maximum Gasteiger partial charge on any atom is 0.291 e. The highest BCUT2D eigenvalue weighted by Crippen LogP contribution is 2.32. The van der Waals surface area contributed by atoms with Crippen molar-refractivity contribution in [2.45, 2.75) is 26.2 Å². The fraction of sp³-hybridized carbons (Fsp3) is 0.261. The number of nitrogens with zero attached hydrogens (tertiary/aromatic N) is 2. The molecule has 0 unspecified atom stereocenters. The first-order valence-corrected chi connectivity index (χ1v) is 10.1. The van der Waals surface area contributed by atoms with Gasteiger partial charge in [-0.05, 0) is 68.1 Å². The highest BCUT2D eigenvalue weighted by molar-refractivity contribution is 6.02. The Morgan fingerprint density at radius 2 is 1.87 bits per heavy atom. The Bertz CT molecular complexity index is 1140. The largest absolute Gasteiger partial charge is 0.451 e. The van der Waals surface area contributed by atoms with Crippen LogP contribution in [-0.4, -0.2) is 23.9 Å². The zero-order valence-corrected chi connectivity index (χ0v) is 17.1. The Morgan fingerprint density at radius 3 is 2.58 bits per heavy atom. The van der Waals surface area contributed by atoms with Gasteiger partial charge < -0.3 is 14.6 Å². The van der Waals surface area contributed by atoms with Crippen LogP contribution in [0.4, 0.5) is 21.5 Å². The molecule has 31 heavy (non-hydrogen) atoms. The van der Waals surface area contributed by atoms with Crippen molar-refractivity contribution in [3.05, 3.63) is 75.8 Å². The van der Waals surface area contributed by atoms with E-state index >= 15 is 0 Å². The summed E-state index contributed by atoms with van der Waals surface area (Å²) in [5.74, 6) is -0.768. The van der Waals surface area contributed by atoms with Crippen LogP contribution in [0.5, 0.6) is 0 Å². The smallest absolute Gasteiger partial charge is 0.291 e. The number of carbonyl (C=O) groups excluding carboxylic acids is 1. The van der Waals surface area contributed by atoms with Crippen molar-refractivity contribution in [2.24, 2.45) is 0 Å². The van der Waals surface area contributed by atoms with E-state index in [4.69, 9.17) is 4.42 Å². The van der Waals surface area contributed by atoms with Gasteiger partial charge in [0.25, 0.3) is 11.6 Å². The monoisotopic (exact) mass is 423 g/mol. The van der Waals surface area contributed by atoms with Crippen molar-refractivity contribution in [2.75, 3.05) is 23.3 Å². The summed E-state index contributed by atoms with van der Waals surface area (Å²) in [5, 5.41) is 14.0. The molecule has 1 aliphatic heterocycles. The molecule has 7 nitrogen and oxygen atoms in total. The molecular weight excluding hydrogens is 401 g/mol. The molecule has 2 heterocycles. The molecule has 1 aromatic heterocycles. The number of carbonyl (C=O) groups is 1. The van der Waals surface area contributed by atoms with Gasteiger partial charge in [-0.2, -0.15) is 0 Å². The first-order chi connectivity index (χ1) is 14.9. The summed E-state index contributed by atoms with van der Waals surface area (Å²) in [7, 11) is 0. The quantitative estimate of drug-likeness (QED) is 0.430. The van der Waals surface area contributed by atoms with Gasteiger partial charge in [0.15, 0.2) is 5.76 Å². The van der Waals surface area contributed by atoms with E-state index in [1.807, 2.05) is 4.90 Å². The number of nitrogens with one attached hydrogen (secondary N) is 1. The van der Waals surface area contributed by atoms with Crippen molar-refractivity contribution in [3.63, 3.8) is 0 Å². The Hall–Kier alpha value is -3.68. The van der Waals surface area contributed by atoms with E-state index in [2.05, 4.69) is 5.32 Å². The lowest BCUT2D eigenvalue weighted by atomic mass is 10.1. The zero-order chi connectivity index (χ0) is 22.0. The Kier molecular flexibility index (Phi) is 5.70. The van der Waals surface area contributed by atoms with Gasteiger partial charge >= 0.3 is 0 Å². The first kappa shape index (κ1) is 20.6. The van der Waals surface area contributed by atoms with Crippen LogP contribution in [-0.2, 0) is 0 Å². The third kappa shape index (κ3) is 4.42. The zero-order valence-electron chi connectivity index (χ0n) is 17.1. The van der Waals surface area contributed by atoms with Gasteiger partial charge in [-0.15, -0.1) is 0 Å². The van der Waals surface area contributed by atoms with E-state index in [9.17, 15) is 19.3 Å². The summed E-state index contributed by atoms with van der Waals surface area (Å²) in [6.45, 7) is 3.40. The van der Waals surface area contributed by atoms with E-state index < -0.39 is 16.6 Å². The van der Waals surface area contributed by atoms with Gasteiger partial charge in [0.1, 0.15) is 11.6 Å². The van der Waals surface area contributed by atoms with Gasteiger partial charge in [0.2, 0.25) is 0 Å². The van der Waals surface area contributed by atoms with Gasteiger partial charge in [0.05, 0.1) is 16.2 Å². The van der Waals surface area contributed by atoms with E-state index in [0.717, 1.165) is 37.9 Å². The SMILES string of the molecule is Cc1ccc(-c2ccc(C(=O)Nc3ccc(N4CCCCC4)c(F)c3)o2)c([N+](=O)[O-])c1. The molecule has 1 aliphatic rings. The average molecular weight is 423 g/mol. The Balaban J connectivity index is 1.51. The van der Waals surface area contributed by atoms with Crippen LogP contribution in [0.25, 0.3) is 11.3 Å². The molecule has 0 aliphatic carbocycles. The third-order valence-electron chi connectivity index (χ3n) is 5.35. The number of rotatable bonds is 5. The van der Waals surface area contributed by atoms with Gasteiger partial charge in [-0.25, -0.2) is 4.39 Å². The second-order valence-electron chi connectivity index (χ2n) is 7.61. The number of nitro benzene ring substituents is 1. The molecule has 0 spiro atoms. The fourth-order valence-corrected chi connectivity index (χ4v) is 3.77. The fourth-order valence-electron chi connectivity index (χ4n) is 3.77. The number of piperidine rings is 1. The maximum absolute atomic E-state index is 14.6. The average Bonchev–Trinajstić information content (AvgIpc) is 3.24. The van der Waals surface area contributed by atoms with Gasteiger partial charge in [-0.3, -0.25) is 14.9 Å². The number of nitro groups is 1. The van der Waals surface area contributed by atoms with Crippen molar-refractivity contribution < 1.29 is 18.5 Å². The molecule has 0 saturated carbocycles. The van der Waals surface area contributed by atoms with Crippen molar-refractivity contribution >= 4 is 23.0 Å². The van der Waals surface area contributed by atoms with Crippen LogP contribution in [0.2, 0.25) is 0 Å². The molecule has 8 heteroatoms. The minimum atomic E-state index is -0.564. The molecule has 1 fully saturated rings. The highest BCUT2D eigenvalue weighted by atomic mass is 19.1. The standard InChI is InChI=1S/C23H22FN3O4/c1-15-5-7-17(20(13-15)27(29)30)21-9-10-22(31-21)23(28)25-16-6-8-19(18(24)14-16)26-11-3-2-4-12-26/h5-10,13-14H,2-4,11-12H2,1H3,(H,25,28). The van der Waals surface area contributed by atoms with Crippen molar-refractivity contribution in [1.29, 1.82) is 0 Å².